The fourth-order valence-corrected chi connectivity index (χ4v) is 4.55. The number of fused-ring (bicyclic) bond motifs is 1. The van der Waals surface area contributed by atoms with E-state index in [1.165, 1.54) is 0 Å². The third-order valence-electron chi connectivity index (χ3n) is 5.93. The lowest BCUT2D eigenvalue weighted by atomic mass is 9.94. The molecule has 0 unspecified atom stereocenters. The summed E-state index contributed by atoms with van der Waals surface area (Å²) in [4.78, 5) is 32.3. The number of aryl methyl sites for hydroxylation is 2. The fraction of sp³-hybridized carbons (Fsp3) is 0.700. The number of pyridine rings is 1. The average molecular weight is 375 g/mol. The van der Waals surface area contributed by atoms with Crippen LogP contribution in [0.25, 0.3) is 0 Å². The highest BCUT2D eigenvalue weighted by molar-refractivity contribution is 5.94. The minimum absolute atomic E-state index is 0.182. The molecule has 7 heteroatoms. The van der Waals surface area contributed by atoms with E-state index < -0.39 is 5.60 Å². The van der Waals surface area contributed by atoms with Crippen LogP contribution in [0.1, 0.15) is 47.3 Å². The monoisotopic (exact) mass is 375 g/mol. The molecule has 27 heavy (non-hydrogen) atoms. The van der Waals surface area contributed by atoms with Crippen molar-refractivity contribution in [2.75, 3.05) is 45.9 Å². The Kier molecular flexibility index (Phi) is 5.34. The van der Waals surface area contributed by atoms with Crippen molar-refractivity contribution >= 4 is 5.91 Å². The molecule has 2 aliphatic heterocycles. The number of aromatic amines is 1. The highest BCUT2D eigenvalue weighted by atomic mass is 16.5. The molecular weight excluding hydrogens is 346 g/mol. The van der Waals surface area contributed by atoms with Crippen molar-refractivity contribution in [1.82, 2.24) is 14.8 Å². The summed E-state index contributed by atoms with van der Waals surface area (Å²) in [6.07, 6.45) is 6.21. The van der Waals surface area contributed by atoms with Crippen LogP contribution in [0.3, 0.4) is 0 Å². The van der Waals surface area contributed by atoms with Gasteiger partial charge in [-0.25, -0.2) is 0 Å². The van der Waals surface area contributed by atoms with Crippen LogP contribution in [0.4, 0.5) is 0 Å². The zero-order valence-corrected chi connectivity index (χ0v) is 15.8. The van der Waals surface area contributed by atoms with Gasteiger partial charge in [-0.2, -0.15) is 0 Å². The van der Waals surface area contributed by atoms with Gasteiger partial charge in [0.25, 0.3) is 11.5 Å². The maximum Gasteiger partial charge on any atom is 0.261 e. The summed E-state index contributed by atoms with van der Waals surface area (Å²) >= 11 is 0. The maximum atomic E-state index is 13.1. The molecule has 0 aromatic carbocycles. The Morgan fingerprint density at radius 2 is 1.96 bits per heavy atom. The summed E-state index contributed by atoms with van der Waals surface area (Å²) in [6.45, 7) is 3.61. The molecule has 1 aromatic heterocycles. The number of rotatable bonds is 3. The summed E-state index contributed by atoms with van der Waals surface area (Å²) in [7, 11) is 0. The summed E-state index contributed by atoms with van der Waals surface area (Å²) < 4.78 is 5.60. The number of hydrogen-bond acceptors (Lipinski definition) is 5. The quantitative estimate of drug-likeness (QED) is 0.806. The summed E-state index contributed by atoms with van der Waals surface area (Å²) in [5.74, 6) is -0.310. The summed E-state index contributed by atoms with van der Waals surface area (Å²) in [5.41, 5.74) is 0.794. The van der Waals surface area contributed by atoms with Crippen LogP contribution in [0.2, 0.25) is 0 Å². The van der Waals surface area contributed by atoms with Crippen molar-refractivity contribution in [3.63, 3.8) is 0 Å². The Balaban J connectivity index is 1.54. The molecule has 0 spiro atoms. The van der Waals surface area contributed by atoms with E-state index in [4.69, 9.17) is 4.74 Å². The van der Waals surface area contributed by atoms with Crippen LogP contribution >= 0.6 is 0 Å². The van der Waals surface area contributed by atoms with Gasteiger partial charge in [-0.05, 0) is 63.2 Å². The van der Waals surface area contributed by atoms with Gasteiger partial charge in [0.1, 0.15) is 11.2 Å². The number of aromatic nitrogens is 1. The molecule has 2 fully saturated rings. The lowest BCUT2D eigenvalue weighted by Gasteiger charge is -2.34. The first-order valence-electron chi connectivity index (χ1n) is 10.1. The molecule has 3 aliphatic rings. The van der Waals surface area contributed by atoms with Gasteiger partial charge in [-0.3, -0.25) is 9.59 Å². The topological polar surface area (TPSA) is 85.9 Å². The first kappa shape index (κ1) is 18.7. The fourth-order valence-electron chi connectivity index (χ4n) is 4.55. The molecule has 4 rings (SSSR count). The number of nitrogens with one attached hydrogen (secondary N) is 1. The summed E-state index contributed by atoms with van der Waals surface area (Å²) in [5, 5.41) is 11.1. The predicted molar refractivity (Wildman–Crippen MR) is 101 cm³/mol. The third kappa shape index (κ3) is 4.10. The van der Waals surface area contributed by atoms with Crippen LogP contribution in [0.5, 0.6) is 0 Å². The summed E-state index contributed by atoms with van der Waals surface area (Å²) in [6, 6.07) is 1.76. The second kappa shape index (κ2) is 7.73. The number of hydrogen-bond donors (Lipinski definition) is 2. The normalized spacial score (nSPS) is 26.6. The molecule has 0 bridgehead atoms. The molecule has 1 aliphatic carbocycles. The van der Waals surface area contributed by atoms with E-state index in [9.17, 15) is 14.7 Å². The molecule has 1 atom stereocenters. The number of β-amino-alcohol motifs (C(OH)–C–C–N with tert-alkyl or cyclic N) is 1. The Morgan fingerprint density at radius 3 is 2.78 bits per heavy atom. The standard InChI is InChI=1S/C20H29N3O4/c24-18-16(11-15-5-1-2-6-17(15)21-18)19(25)23-9-10-27-14-20(26,13-23)12-22-7-3-4-8-22/h11,26H,1-10,12-14H2,(H,21,24)/t20-/m0/s1. The van der Waals surface area contributed by atoms with Crippen molar-refractivity contribution in [3.8, 4) is 0 Å². The van der Waals surface area contributed by atoms with Gasteiger partial charge in [-0.1, -0.05) is 0 Å². The second-order valence-corrected chi connectivity index (χ2v) is 8.21. The number of carbonyl (C=O) groups is 1. The molecule has 2 N–H and O–H groups in total. The first-order valence-corrected chi connectivity index (χ1v) is 10.1. The number of ether oxygens (including phenoxy) is 1. The molecule has 0 saturated carbocycles. The molecule has 2 saturated heterocycles. The maximum absolute atomic E-state index is 13.1. The zero-order valence-electron chi connectivity index (χ0n) is 15.8. The van der Waals surface area contributed by atoms with Gasteiger partial charge in [0.15, 0.2) is 0 Å². The van der Waals surface area contributed by atoms with Crippen LogP contribution < -0.4 is 5.56 Å². The van der Waals surface area contributed by atoms with Crippen molar-refractivity contribution in [1.29, 1.82) is 0 Å². The SMILES string of the molecule is O=C(c1cc2c([nH]c1=O)CCCC2)N1CCOC[C@](O)(CN2CCCC2)C1. The number of aliphatic hydroxyl groups is 1. The minimum atomic E-state index is -1.10. The van der Waals surface area contributed by atoms with Crippen molar-refractivity contribution in [2.45, 2.75) is 44.1 Å². The number of likely N-dealkylation sites (tertiary alicyclic amines) is 1. The number of carbonyl (C=O) groups excluding carboxylic acids is 1. The first-order chi connectivity index (χ1) is 13.0. The molecule has 3 heterocycles. The van der Waals surface area contributed by atoms with E-state index in [1.807, 2.05) is 0 Å². The Morgan fingerprint density at radius 1 is 1.19 bits per heavy atom. The zero-order chi connectivity index (χ0) is 18.9. The molecular formula is C20H29N3O4. The van der Waals surface area contributed by atoms with Gasteiger partial charge >= 0.3 is 0 Å². The largest absolute Gasteiger partial charge is 0.384 e. The smallest absolute Gasteiger partial charge is 0.261 e. The van der Waals surface area contributed by atoms with E-state index in [2.05, 4.69) is 9.88 Å². The average Bonchev–Trinajstić information content (AvgIpc) is 3.07. The second-order valence-electron chi connectivity index (χ2n) is 8.21. The molecule has 7 nitrogen and oxygen atoms in total. The minimum Gasteiger partial charge on any atom is -0.384 e. The van der Waals surface area contributed by atoms with Gasteiger partial charge in [0.2, 0.25) is 0 Å². The van der Waals surface area contributed by atoms with Gasteiger partial charge in [-0.15, -0.1) is 0 Å². The van der Waals surface area contributed by atoms with Gasteiger partial charge in [0, 0.05) is 18.8 Å². The van der Waals surface area contributed by atoms with Crippen LogP contribution in [0, 0.1) is 0 Å². The van der Waals surface area contributed by atoms with Crippen LogP contribution in [0.15, 0.2) is 10.9 Å². The molecule has 0 radical (unpaired) electrons. The predicted octanol–water partition coefficient (Wildman–Crippen LogP) is 0.553. The van der Waals surface area contributed by atoms with E-state index >= 15 is 0 Å². The van der Waals surface area contributed by atoms with E-state index in [0.29, 0.717) is 19.7 Å². The number of H-pyrrole nitrogens is 1. The van der Waals surface area contributed by atoms with Crippen molar-refractivity contribution in [3.05, 3.63) is 33.2 Å². The molecule has 1 amide bonds. The van der Waals surface area contributed by atoms with E-state index in [0.717, 1.165) is 62.9 Å². The highest BCUT2D eigenvalue weighted by Gasteiger charge is 2.37. The molecule has 1 aromatic rings. The molecule has 148 valence electrons. The Hall–Kier alpha value is -1.70. The Bertz CT molecular complexity index is 756. The number of amides is 1. The number of nitrogens with zero attached hydrogens (tertiary/aromatic N) is 2. The highest BCUT2D eigenvalue weighted by Crippen LogP contribution is 2.21. The van der Waals surface area contributed by atoms with Gasteiger partial charge < -0.3 is 24.6 Å². The van der Waals surface area contributed by atoms with E-state index in [1.54, 1.807) is 11.0 Å². The third-order valence-corrected chi connectivity index (χ3v) is 5.93. The van der Waals surface area contributed by atoms with Crippen LogP contribution in [-0.2, 0) is 17.6 Å². The van der Waals surface area contributed by atoms with Crippen molar-refractivity contribution < 1.29 is 14.6 Å². The van der Waals surface area contributed by atoms with E-state index in [-0.39, 0.29) is 30.2 Å². The van der Waals surface area contributed by atoms with Crippen LogP contribution in [-0.4, -0.2) is 77.3 Å². The van der Waals surface area contributed by atoms with Crippen molar-refractivity contribution in [2.24, 2.45) is 0 Å². The van der Waals surface area contributed by atoms with Gasteiger partial charge in [0.05, 0.1) is 19.8 Å². The Labute approximate surface area is 159 Å². The lowest BCUT2D eigenvalue weighted by molar-refractivity contribution is -0.0524. The lowest BCUT2D eigenvalue weighted by Crippen LogP contribution is -2.53.